The molecule has 1 aliphatic rings. The number of allylic oxidation sites excluding steroid dienone is 2. The molecule has 0 saturated heterocycles. The molecular weight excluding hydrogens is 472 g/mol. The second-order valence-corrected chi connectivity index (χ2v) is 6.79. The van der Waals surface area contributed by atoms with Crippen molar-refractivity contribution in [2.75, 3.05) is 5.32 Å². The first kappa shape index (κ1) is 25.0. The minimum Gasteiger partial charge on any atom is -1.00 e. The van der Waals surface area contributed by atoms with Crippen molar-refractivity contribution in [1.29, 1.82) is 0 Å². The first-order valence-electron chi connectivity index (χ1n) is 9.29. The third-order valence-electron chi connectivity index (χ3n) is 4.76. The van der Waals surface area contributed by atoms with Crippen LogP contribution in [0.5, 0.6) is 11.5 Å². The van der Waals surface area contributed by atoms with E-state index in [-0.39, 0.29) is 40.8 Å². The number of fused-ring (bicyclic) bond motifs is 1. The SMILES string of the molecule is [Cl-].[Fe+3].[O-]c1cccc(C=Nc2cc3ccccc3cc2N/C=C2/C=CC=C(O)C2O)c1[O-]. The zero-order chi connectivity index (χ0) is 21.1. The van der Waals surface area contributed by atoms with Crippen molar-refractivity contribution in [3.8, 4) is 11.5 Å². The molecule has 0 spiro atoms. The number of nitrogens with zero attached hydrogens (tertiary/aromatic N) is 1. The normalized spacial score (nSPS) is 16.5. The molecular formula is C24H18ClFeN2O4. The van der Waals surface area contributed by atoms with E-state index in [0.717, 1.165) is 10.8 Å². The maximum absolute atomic E-state index is 12.0. The van der Waals surface area contributed by atoms with E-state index in [0.29, 0.717) is 16.9 Å². The van der Waals surface area contributed by atoms with Crippen LogP contribution >= 0.6 is 0 Å². The minimum atomic E-state index is -1.11. The fourth-order valence-electron chi connectivity index (χ4n) is 3.12. The number of nitrogens with one attached hydrogen (secondary N) is 1. The van der Waals surface area contributed by atoms with Gasteiger partial charge < -0.3 is 38.1 Å². The third-order valence-corrected chi connectivity index (χ3v) is 4.76. The molecule has 1 radical (unpaired) electrons. The van der Waals surface area contributed by atoms with Crippen molar-refractivity contribution in [1.82, 2.24) is 0 Å². The molecule has 1 aliphatic carbocycles. The summed E-state index contributed by atoms with van der Waals surface area (Å²) in [6, 6.07) is 15.8. The largest absolute Gasteiger partial charge is 3.00 e. The number of benzene rings is 3. The second-order valence-electron chi connectivity index (χ2n) is 6.79. The molecule has 0 aromatic heterocycles. The summed E-state index contributed by atoms with van der Waals surface area (Å²) in [5, 5.41) is 48.4. The Hall–Kier alpha value is -3.22. The Morgan fingerprint density at radius 3 is 2.47 bits per heavy atom. The fourth-order valence-corrected chi connectivity index (χ4v) is 3.12. The summed E-state index contributed by atoms with van der Waals surface area (Å²) in [6.07, 6.45) is 6.60. The number of aliphatic hydroxyl groups excluding tert-OH is 2. The number of aliphatic imine (C=N–C) groups is 1. The molecule has 4 rings (SSSR count). The van der Waals surface area contributed by atoms with Crippen LogP contribution in [0.25, 0.3) is 10.8 Å². The summed E-state index contributed by atoms with van der Waals surface area (Å²) in [5.41, 5.74) is 1.88. The first-order chi connectivity index (χ1) is 14.5. The van der Waals surface area contributed by atoms with Crippen molar-refractivity contribution < 1.29 is 49.9 Å². The van der Waals surface area contributed by atoms with Gasteiger partial charge in [0.25, 0.3) is 0 Å². The number of halogens is 1. The Balaban J connectivity index is 0.00000181. The molecule has 0 amide bonds. The standard InChI is InChI=1S/C24H20N2O4.ClH.Fe/c27-21-9-3-7-17(23(21)29)13-25-19-11-15-5-1-2-6-16(15)12-20(19)26-14-18-8-4-10-22(28)24(18)30;;/h1-14,23,25,27-30H;1H;/q;;+3/p-3/b17-13-,26-14?;;. The van der Waals surface area contributed by atoms with Crippen LogP contribution in [-0.4, -0.2) is 22.5 Å². The van der Waals surface area contributed by atoms with E-state index in [1.807, 2.05) is 36.4 Å². The van der Waals surface area contributed by atoms with Crippen LogP contribution in [0.15, 0.2) is 95.3 Å². The van der Waals surface area contributed by atoms with Crippen molar-refractivity contribution in [3.63, 3.8) is 0 Å². The summed E-state index contributed by atoms with van der Waals surface area (Å²) >= 11 is 0. The van der Waals surface area contributed by atoms with Gasteiger partial charge in [-0.25, -0.2) is 0 Å². The van der Waals surface area contributed by atoms with Crippen LogP contribution in [0.3, 0.4) is 0 Å². The minimum absolute atomic E-state index is 0. The predicted octanol–water partition coefficient (Wildman–Crippen LogP) is 0.408. The topological polar surface area (TPSA) is 111 Å². The molecule has 3 N–H and O–H groups in total. The number of para-hydroxylation sites is 1. The van der Waals surface area contributed by atoms with Gasteiger partial charge in [-0.3, -0.25) is 4.99 Å². The van der Waals surface area contributed by atoms with Crippen LogP contribution in [0.1, 0.15) is 5.56 Å². The molecule has 3 aromatic rings. The van der Waals surface area contributed by atoms with E-state index >= 15 is 0 Å². The quantitative estimate of drug-likeness (QED) is 0.363. The fraction of sp³-hybridized carbons (Fsp3) is 0.0417. The Morgan fingerprint density at radius 2 is 1.72 bits per heavy atom. The van der Waals surface area contributed by atoms with E-state index in [1.165, 1.54) is 24.4 Å². The maximum Gasteiger partial charge on any atom is 3.00 e. The number of anilines is 1. The monoisotopic (exact) mass is 489 g/mol. The van der Waals surface area contributed by atoms with Crippen LogP contribution in [-0.2, 0) is 17.1 Å². The van der Waals surface area contributed by atoms with Gasteiger partial charge in [0.05, 0.1) is 11.4 Å². The second kappa shape index (κ2) is 10.9. The van der Waals surface area contributed by atoms with Crippen molar-refractivity contribution in [2.45, 2.75) is 6.10 Å². The molecule has 32 heavy (non-hydrogen) atoms. The Labute approximate surface area is 201 Å². The zero-order valence-corrected chi connectivity index (χ0v) is 18.4. The van der Waals surface area contributed by atoms with E-state index in [4.69, 9.17) is 0 Å². The summed E-state index contributed by atoms with van der Waals surface area (Å²) in [6.45, 7) is 0. The molecule has 3 aromatic carbocycles. The molecule has 0 heterocycles. The Kier molecular flexibility index (Phi) is 8.52. The molecule has 0 saturated carbocycles. The van der Waals surface area contributed by atoms with Gasteiger partial charge in [0.15, 0.2) is 0 Å². The predicted molar refractivity (Wildman–Crippen MR) is 114 cm³/mol. The Bertz CT molecular complexity index is 1240. The third kappa shape index (κ3) is 5.33. The van der Waals surface area contributed by atoms with Crippen LogP contribution < -0.4 is 27.9 Å². The van der Waals surface area contributed by atoms with Crippen molar-refractivity contribution in [2.24, 2.45) is 4.99 Å². The molecule has 0 fully saturated rings. The smallest absolute Gasteiger partial charge is 1.00 e. The summed E-state index contributed by atoms with van der Waals surface area (Å²) in [5.74, 6) is -1.31. The average molecular weight is 490 g/mol. The van der Waals surface area contributed by atoms with Gasteiger partial charge in [-0.15, -0.1) is 11.5 Å². The van der Waals surface area contributed by atoms with Gasteiger partial charge in [0, 0.05) is 18.0 Å². The summed E-state index contributed by atoms with van der Waals surface area (Å²) in [4.78, 5) is 4.43. The van der Waals surface area contributed by atoms with Crippen LogP contribution in [0.4, 0.5) is 11.4 Å². The first-order valence-corrected chi connectivity index (χ1v) is 9.29. The number of hydrogen-bond acceptors (Lipinski definition) is 6. The van der Waals surface area contributed by atoms with Crippen molar-refractivity contribution in [3.05, 3.63) is 95.9 Å². The number of rotatable bonds is 4. The average Bonchev–Trinajstić information content (AvgIpc) is 2.75. The van der Waals surface area contributed by atoms with Gasteiger partial charge in [0.2, 0.25) is 0 Å². The van der Waals surface area contributed by atoms with E-state index in [9.17, 15) is 20.4 Å². The van der Waals surface area contributed by atoms with Gasteiger partial charge in [-0.2, -0.15) is 0 Å². The zero-order valence-electron chi connectivity index (χ0n) is 16.5. The molecule has 6 nitrogen and oxygen atoms in total. The number of hydrogen-bond donors (Lipinski definition) is 3. The molecule has 1 unspecified atom stereocenters. The molecule has 0 bridgehead atoms. The van der Waals surface area contributed by atoms with E-state index < -0.39 is 17.6 Å². The summed E-state index contributed by atoms with van der Waals surface area (Å²) < 4.78 is 0. The van der Waals surface area contributed by atoms with Gasteiger partial charge in [-0.05, 0) is 34.5 Å². The van der Waals surface area contributed by atoms with Crippen LogP contribution in [0, 0.1) is 0 Å². The Morgan fingerprint density at radius 1 is 1.00 bits per heavy atom. The van der Waals surface area contributed by atoms with Crippen LogP contribution in [0.2, 0.25) is 0 Å². The molecule has 8 heteroatoms. The molecule has 1 atom stereocenters. The van der Waals surface area contributed by atoms with Gasteiger partial charge in [-0.1, -0.05) is 54.6 Å². The van der Waals surface area contributed by atoms with E-state index in [1.54, 1.807) is 24.4 Å². The maximum atomic E-state index is 12.0. The van der Waals surface area contributed by atoms with Gasteiger partial charge in [0.1, 0.15) is 11.9 Å². The molecule has 163 valence electrons. The number of aliphatic hydroxyl groups is 2. The molecule has 0 aliphatic heterocycles. The van der Waals surface area contributed by atoms with E-state index in [2.05, 4.69) is 10.3 Å². The summed E-state index contributed by atoms with van der Waals surface area (Å²) in [7, 11) is 0. The van der Waals surface area contributed by atoms with Gasteiger partial charge >= 0.3 is 17.1 Å². The van der Waals surface area contributed by atoms with Crippen molar-refractivity contribution >= 4 is 28.4 Å².